The molecule has 18 heavy (non-hydrogen) atoms. The van der Waals surface area contributed by atoms with E-state index in [0.717, 1.165) is 17.2 Å². The van der Waals surface area contributed by atoms with E-state index in [4.69, 9.17) is 12.2 Å². The van der Waals surface area contributed by atoms with Gasteiger partial charge in [0, 0.05) is 6.54 Å². The number of nitrogens with zero attached hydrogens (tertiary/aromatic N) is 1. The zero-order valence-corrected chi connectivity index (χ0v) is 12.2. The Kier molecular flexibility index (Phi) is 3.48. The molecule has 3 rings (SSSR count). The second-order valence-electron chi connectivity index (χ2n) is 5.12. The summed E-state index contributed by atoms with van der Waals surface area (Å²) in [4.78, 5) is 3.33. The molecule has 0 atom stereocenters. The average Bonchev–Trinajstić information content (AvgIpc) is 2.66. The fraction of sp³-hybridized carbons (Fsp3) is 0.500. The van der Waals surface area contributed by atoms with Gasteiger partial charge >= 0.3 is 0 Å². The van der Waals surface area contributed by atoms with Crippen LogP contribution in [0.15, 0.2) is 18.2 Å². The molecule has 1 aromatic heterocycles. The molecule has 4 heteroatoms. The summed E-state index contributed by atoms with van der Waals surface area (Å²) < 4.78 is 3.15. The Balaban J connectivity index is 1.95. The Morgan fingerprint density at radius 3 is 2.94 bits per heavy atom. The summed E-state index contributed by atoms with van der Waals surface area (Å²) in [6, 6.07) is 6.53. The normalized spacial score (nSPS) is 17.4. The number of hydrogen-bond donors (Lipinski definition) is 1. The highest BCUT2D eigenvalue weighted by Crippen LogP contribution is 2.26. The van der Waals surface area contributed by atoms with E-state index in [1.165, 1.54) is 40.9 Å². The lowest BCUT2D eigenvalue weighted by Gasteiger charge is -2.21. The Morgan fingerprint density at radius 1 is 1.39 bits per heavy atom. The molecule has 1 saturated heterocycles. The standard InChI is InChI=1S/C14H18N2S2/c1-10-2-3-13-12(8-10)15-14(17)16(13)9-11-4-6-18-7-5-11/h2-3,8,11H,4-7,9H2,1H3,(H,15,17). The van der Waals surface area contributed by atoms with Crippen molar-refractivity contribution < 1.29 is 0 Å². The van der Waals surface area contributed by atoms with Crippen LogP contribution >= 0.6 is 24.0 Å². The number of fused-ring (bicyclic) bond motifs is 1. The van der Waals surface area contributed by atoms with Crippen molar-refractivity contribution in [1.29, 1.82) is 0 Å². The van der Waals surface area contributed by atoms with E-state index in [2.05, 4.69) is 46.4 Å². The molecule has 0 unspecified atom stereocenters. The third-order valence-corrected chi connectivity index (χ3v) is 5.08. The second kappa shape index (κ2) is 5.10. The molecule has 1 aromatic carbocycles. The Labute approximate surface area is 117 Å². The van der Waals surface area contributed by atoms with Gasteiger partial charge in [-0.1, -0.05) is 6.07 Å². The van der Waals surface area contributed by atoms with Crippen molar-refractivity contribution in [2.24, 2.45) is 5.92 Å². The second-order valence-corrected chi connectivity index (χ2v) is 6.73. The van der Waals surface area contributed by atoms with Crippen LogP contribution < -0.4 is 0 Å². The van der Waals surface area contributed by atoms with E-state index in [0.29, 0.717) is 0 Å². The lowest BCUT2D eigenvalue weighted by atomic mass is 10.0. The topological polar surface area (TPSA) is 20.7 Å². The van der Waals surface area contributed by atoms with E-state index >= 15 is 0 Å². The third kappa shape index (κ3) is 2.36. The van der Waals surface area contributed by atoms with Crippen LogP contribution in [0, 0.1) is 17.6 Å². The minimum absolute atomic E-state index is 0.790. The van der Waals surface area contributed by atoms with Gasteiger partial charge in [0.1, 0.15) is 0 Å². The number of hydrogen-bond acceptors (Lipinski definition) is 2. The van der Waals surface area contributed by atoms with Gasteiger partial charge in [0.25, 0.3) is 0 Å². The van der Waals surface area contributed by atoms with Gasteiger partial charge in [-0.25, -0.2) is 0 Å². The van der Waals surface area contributed by atoms with Crippen LogP contribution in [-0.4, -0.2) is 21.1 Å². The Bertz CT molecular complexity index is 606. The predicted octanol–water partition coefficient (Wildman–Crippen LogP) is 4.15. The molecule has 2 heterocycles. The molecule has 1 aliphatic rings. The van der Waals surface area contributed by atoms with Crippen molar-refractivity contribution in [2.75, 3.05) is 11.5 Å². The van der Waals surface area contributed by atoms with E-state index in [1.54, 1.807) is 0 Å². The van der Waals surface area contributed by atoms with E-state index in [-0.39, 0.29) is 0 Å². The highest BCUT2D eigenvalue weighted by molar-refractivity contribution is 7.99. The molecule has 1 N–H and O–H groups in total. The first-order valence-corrected chi connectivity index (χ1v) is 8.07. The quantitative estimate of drug-likeness (QED) is 0.833. The summed E-state index contributed by atoms with van der Waals surface area (Å²) in [5, 5.41) is 0. The molecule has 2 aromatic rings. The highest BCUT2D eigenvalue weighted by atomic mass is 32.2. The summed E-state index contributed by atoms with van der Waals surface area (Å²) in [5.74, 6) is 3.40. The van der Waals surface area contributed by atoms with Gasteiger partial charge in [-0.3, -0.25) is 0 Å². The number of aryl methyl sites for hydroxylation is 1. The molecule has 0 radical (unpaired) electrons. The fourth-order valence-electron chi connectivity index (χ4n) is 2.65. The maximum atomic E-state index is 5.47. The van der Waals surface area contributed by atoms with Gasteiger partial charge in [0.05, 0.1) is 11.0 Å². The molecule has 2 nitrogen and oxygen atoms in total. The molecule has 0 spiro atoms. The minimum Gasteiger partial charge on any atom is -0.331 e. The molecule has 0 aliphatic carbocycles. The molecular formula is C14H18N2S2. The number of nitrogens with one attached hydrogen (secondary N) is 1. The van der Waals surface area contributed by atoms with Crippen molar-refractivity contribution in [3.63, 3.8) is 0 Å². The van der Waals surface area contributed by atoms with Crippen molar-refractivity contribution in [3.8, 4) is 0 Å². The number of aromatic nitrogens is 2. The molecule has 0 amide bonds. The Morgan fingerprint density at radius 2 is 2.17 bits per heavy atom. The van der Waals surface area contributed by atoms with Crippen LogP contribution in [0.1, 0.15) is 18.4 Å². The summed E-state index contributed by atoms with van der Waals surface area (Å²) in [7, 11) is 0. The molecule has 96 valence electrons. The number of benzene rings is 1. The lowest BCUT2D eigenvalue weighted by molar-refractivity contribution is 0.420. The molecule has 0 saturated carbocycles. The van der Waals surface area contributed by atoms with Crippen LogP contribution in [0.3, 0.4) is 0 Å². The van der Waals surface area contributed by atoms with Crippen LogP contribution in [0.25, 0.3) is 11.0 Å². The number of rotatable bonds is 2. The maximum Gasteiger partial charge on any atom is 0.178 e. The monoisotopic (exact) mass is 278 g/mol. The summed E-state index contributed by atoms with van der Waals surface area (Å²) >= 11 is 7.54. The van der Waals surface area contributed by atoms with Gasteiger partial charge in [0.15, 0.2) is 4.77 Å². The number of aromatic amines is 1. The fourth-order valence-corrected chi connectivity index (χ4v) is 4.13. The van der Waals surface area contributed by atoms with E-state index < -0.39 is 0 Å². The van der Waals surface area contributed by atoms with E-state index in [1.807, 2.05) is 0 Å². The zero-order chi connectivity index (χ0) is 12.5. The molecule has 1 aliphatic heterocycles. The first-order valence-electron chi connectivity index (χ1n) is 6.51. The largest absolute Gasteiger partial charge is 0.331 e. The van der Waals surface area contributed by atoms with Crippen molar-refractivity contribution >= 4 is 35.0 Å². The van der Waals surface area contributed by atoms with Crippen LogP contribution in [-0.2, 0) is 6.54 Å². The maximum absolute atomic E-state index is 5.47. The smallest absolute Gasteiger partial charge is 0.178 e. The number of thioether (sulfide) groups is 1. The number of imidazole rings is 1. The lowest BCUT2D eigenvalue weighted by Crippen LogP contribution is -2.16. The van der Waals surface area contributed by atoms with Gasteiger partial charge in [-0.2, -0.15) is 11.8 Å². The summed E-state index contributed by atoms with van der Waals surface area (Å²) in [5.41, 5.74) is 3.70. The number of H-pyrrole nitrogens is 1. The Hall–Kier alpha value is -0.740. The van der Waals surface area contributed by atoms with Gasteiger partial charge < -0.3 is 9.55 Å². The van der Waals surface area contributed by atoms with Crippen molar-refractivity contribution in [2.45, 2.75) is 26.3 Å². The molecule has 1 fully saturated rings. The van der Waals surface area contributed by atoms with Crippen molar-refractivity contribution in [3.05, 3.63) is 28.5 Å². The highest BCUT2D eigenvalue weighted by Gasteiger charge is 2.16. The first-order chi connectivity index (χ1) is 8.74. The van der Waals surface area contributed by atoms with Crippen LogP contribution in [0.2, 0.25) is 0 Å². The third-order valence-electron chi connectivity index (χ3n) is 3.71. The SMILES string of the molecule is Cc1ccc2c(c1)[nH]c(=S)n2CC1CCSCC1. The van der Waals surface area contributed by atoms with Crippen molar-refractivity contribution in [1.82, 2.24) is 9.55 Å². The molecule has 0 bridgehead atoms. The molecular weight excluding hydrogens is 260 g/mol. The van der Waals surface area contributed by atoms with Crippen LogP contribution in [0.5, 0.6) is 0 Å². The van der Waals surface area contributed by atoms with Gasteiger partial charge in [0.2, 0.25) is 0 Å². The van der Waals surface area contributed by atoms with E-state index in [9.17, 15) is 0 Å². The summed E-state index contributed by atoms with van der Waals surface area (Å²) in [6.07, 6.45) is 2.65. The van der Waals surface area contributed by atoms with Crippen LogP contribution in [0.4, 0.5) is 0 Å². The minimum atomic E-state index is 0.790. The predicted molar refractivity (Wildman–Crippen MR) is 81.9 cm³/mol. The van der Waals surface area contributed by atoms with Gasteiger partial charge in [-0.15, -0.1) is 0 Å². The zero-order valence-electron chi connectivity index (χ0n) is 10.6. The van der Waals surface area contributed by atoms with Gasteiger partial charge in [-0.05, 0) is 67.1 Å². The summed E-state index contributed by atoms with van der Waals surface area (Å²) in [6.45, 7) is 3.19. The first kappa shape index (κ1) is 12.3. The average molecular weight is 278 g/mol.